The molecule has 0 aliphatic rings. The summed E-state index contributed by atoms with van der Waals surface area (Å²) in [4.78, 5) is 0. The second kappa shape index (κ2) is 11.6. The quantitative estimate of drug-likeness (QED) is 0.256. The van der Waals surface area contributed by atoms with Gasteiger partial charge in [-0.1, -0.05) is 0 Å². The molecule has 96 valence electrons. The fraction of sp³-hybridized carbons (Fsp3) is 1.00. The van der Waals surface area contributed by atoms with Crippen LogP contribution >= 0.6 is 0 Å². The topological polar surface area (TPSA) is 139 Å². The van der Waals surface area contributed by atoms with Gasteiger partial charge in [-0.25, -0.2) is 8.37 Å². The fourth-order valence-corrected chi connectivity index (χ4v) is 1.84. The first-order valence-corrected chi connectivity index (χ1v) is 7.13. The Kier molecular flexibility index (Phi) is 16.2. The van der Waals surface area contributed by atoms with Crippen LogP contribution in [0.15, 0.2) is 0 Å². The van der Waals surface area contributed by atoms with E-state index >= 15 is 0 Å². The molecule has 0 unspecified atom stereocenters. The van der Waals surface area contributed by atoms with Crippen LogP contribution < -0.4 is 70.6 Å². The summed E-state index contributed by atoms with van der Waals surface area (Å²) in [6.07, 6.45) is 0. The number of hydrogen-bond donors (Lipinski definition) is 2. The summed E-state index contributed by atoms with van der Waals surface area (Å²) in [5.41, 5.74) is 9.97. The number of hydrogen-bond acceptors (Lipinski definition) is 8. The molecule has 12 heteroatoms. The Morgan fingerprint density at radius 3 is 1.35 bits per heavy atom. The Bertz CT molecular complexity index is 343. The molecule has 0 aromatic carbocycles. The zero-order chi connectivity index (χ0) is 11.9. The second-order valence-electron chi connectivity index (χ2n) is 2.45. The van der Waals surface area contributed by atoms with Crippen molar-refractivity contribution in [3.05, 3.63) is 0 Å². The van der Waals surface area contributed by atoms with Gasteiger partial charge >= 0.3 is 59.1 Å². The van der Waals surface area contributed by atoms with E-state index in [1.54, 1.807) is 0 Å². The van der Waals surface area contributed by atoms with Crippen molar-refractivity contribution in [1.29, 1.82) is 0 Å². The predicted molar refractivity (Wildman–Crippen MR) is 54.9 cm³/mol. The van der Waals surface area contributed by atoms with Crippen molar-refractivity contribution in [3.8, 4) is 0 Å². The van der Waals surface area contributed by atoms with Crippen molar-refractivity contribution >= 4 is 20.2 Å². The first-order chi connectivity index (χ1) is 6.83. The average Bonchev–Trinajstić information content (AvgIpc) is 2.02. The van der Waals surface area contributed by atoms with Crippen LogP contribution in [0.1, 0.15) is 2.85 Å². The van der Waals surface area contributed by atoms with Crippen LogP contribution in [0.5, 0.6) is 0 Å². The largest absolute Gasteiger partial charge is 1.00 e. The van der Waals surface area contributed by atoms with Gasteiger partial charge in [0, 0.05) is 13.1 Å². The summed E-state index contributed by atoms with van der Waals surface area (Å²) in [7, 11) is -7.63. The van der Waals surface area contributed by atoms with E-state index in [0.717, 1.165) is 0 Å². The van der Waals surface area contributed by atoms with E-state index in [0.29, 0.717) is 0 Å². The Labute approximate surface area is 149 Å². The van der Waals surface area contributed by atoms with Crippen molar-refractivity contribution < 1.29 is 87.2 Å². The number of nitrogens with two attached hydrogens (primary N) is 2. The normalized spacial score (nSPS) is 11.4. The average molecular weight is 310 g/mol. The van der Waals surface area contributed by atoms with E-state index in [9.17, 15) is 16.8 Å². The molecule has 0 aromatic heterocycles. The van der Waals surface area contributed by atoms with Crippen molar-refractivity contribution in [2.24, 2.45) is 11.5 Å². The molecule has 0 amide bonds. The zero-order valence-corrected chi connectivity index (χ0v) is 15.6. The molecule has 8 nitrogen and oxygen atoms in total. The molecule has 0 bridgehead atoms. The van der Waals surface area contributed by atoms with E-state index in [1.807, 2.05) is 0 Å². The maximum Gasteiger partial charge on any atom is 1.00 e. The van der Waals surface area contributed by atoms with Crippen LogP contribution in [-0.4, -0.2) is 48.2 Å². The molecule has 0 spiro atoms. The molecule has 0 saturated heterocycles. The molecule has 4 N–H and O–H groups in total. The maximum atomic E-state index is 10.9. The van der Waals surface area contributed by atoms with Gasteiger partial charge < -0.3 is 14.3 Å². The summed E-state index contributed by atoms with van der Waals surface area (Å²) < 4.78 is 51.9. The Hall–Kier alpha value is 1.74. The van der Waals surface area contributed by atoms with Gasteiger partial charge in [-0.2, -0.15) is 16.8 Å². The molecule has 0 heterocycles. The number of rotatable bonds is 8. The first-order valence-electron chi connectivity index (χ1n) is 3.97. The SMILES string of the molecule is NCCS(=O)(=O)OCOS(=O)(=O)CCN.[H-].[H-].[Na+].[Na+]. The third-order valence-electron chi connectivity index (χ3n) is 1.19. The summed E-state index contributed by atoms with van der Waals surface area (Å²) in [5, 5.41) is 0. The van der Waals surface area contributed by atoms with Crippen LogP contribution in [0.3, 0.4) is 0 Å². The monoisotopic (exact) mass is 310 g/mol. The van der Waals surface area contributed by atoms with Crippen molar-refractivity contribution in [1.82, 2.24) is 0 Å². The van der Waals surface area contributed by atoms with Gasteiger partial charge in [-0.15, -0.1) is 0 Å². The van der Waals surface area contributed by atoms with Crippen molar-refractivity contribution in [2.45, 2.75) is 0 Å². The predicted octanol–water partition coefficient (Wildman–Crippen LogP) is -8.21. The van der Waals surface area contributed by atoms with Gasteiger partial charge in [0.25, 0.3) is 20.2 Å². The molecule has 0 aromatic rings. The zero-order valence-electron chi connectivity index (χ0n) is 12.0. The fourth-order valence-electron chi connectivity index (χ4n) is 0.573. The van der Waals surface area contributed by atoms with Crippen LogP contribution in [0.25, 0.3) is 0 Å². The smallest absolute Gasteiger partial charge is 1.00 e. The third-order valence-corrected chi connectivity index (χ3v) is 3.57. The van der Waals surface area contributed by atoms with Gasteiger partial charge in [0.2, 0.25) is 0 Å². The Morgan fingerprint density at radius 2 is 1.12 bits per heavy atom. The standard InChI is InChI=1S/C5H14N2O6S2.2Na.2H/c6-1-3-14(8,9)12-5-13-15(10,11)4-2-7;;;;/h1-7H2;;;;/q;2*+1;2*-1. The van der Waals surface area contributed by atoms with Crippen LogP contribution in [0.4, 0.5) is 0 Å². The van der Waals surface area contributed by atoms with Gasteiger partial charge in [0.1, 0.15) is 0 Å². The van der Waals surface area contributed by atoms with E-state index < -0.39 is 38.5 Å². The minimum Gasteiger partial charge on any atom is -1.00 e. The van der Waals surface area contributed by atoms with Gasteiger partial charge in [-0.05, 0) is 0 Å². The summed E-state index contributed by atoms with van der Waals surface area (Å²) >= 11 is 0. The molecule has 0 atom stereocenters. The second-order valence-corrected chi connectivity index (χ2v) is 5.97. The molecule has 0 aliphatic heterocycles. The van der Waals surface area contributed by atoms with Crippen LogP contribution in [0, 0.1) is 0 Å². The molecular weight excluding hydrogens is 294 g/mol. The van der Waals surface area contributed by atoms with Gasteiger partial charge in [0.05, 0.1) is 11.5 Å². The van der Waals surface area contributed by atoms with Crippen LogP contribution in [-0.2, 0) is 28.6 Å². The summed E-state index contributed by atoms with van der Waals surface area (Å²) in [5.74, 6) is -0.791. The Balaban J connectivity index is -0.000000163. The first kappa shape index (κ1) is 23.8. The molecule has 17 heavy (non-hydrogen) atoms. The molecule has 0 radical (unpaired) electrons. The summed E-state index contributed by atoms with van der Waals surface area (Å²) in [6.45, 7) is -1.11. The van der Waals surface area contributed by atoms with Gasteiger partial charge in [-0.3, -0.25) is 0 Å². The van der Waals surface area contributed by atoms with E-state index in [4.69, 9.17) is 11.5 Å². The molecular formula is C5H16N2Na2O6S2. The van der Waals surface area contributed by atoms with Gasteiger partial charge in [0.15, 0.2) is 6.79 Å². The maximum absolute atomic E-state index is 10.9. The third kappa shape index (κ3) is 14.0. The minimum absolute atomic E-state index is 0. The van der Waals surface area contributed by atoms with Crippen LogP contribution in [0.2, 0.25) is 0 Å². The van der Waals surface area contributed by atoms with E-state index in [-0.39, 0.29) is 75.1 Å². The molecule has 0 aliphatic carbocycles. The Morgan fingerprint density at radius 1 is 0.824 bits per heavy atom. The van der Waals surface area contributed by atoms with E-state index in [1.165, 1.54) is 0 Å². The van der Waals surface area contributed by atoms with Crippen molar-refractivity contribution in [2.75, 3.05) is 31.4 Å². The van der Waals surface area contributed by atoms with Crippen molar-refractivity contribution in [3.63, 3.8) is 0 Å². The molecule has 0 fully saturated rings. The minimum atomic E-state index is -3.81. The van der Waals surface area contributed by atoms with E-state index in [2.05, 4.69) is 8.37 Å². The summed E-state index contributed by atoms with van der Waals surface area (Å²) in [6, 6.07) is 0. The molecule has 0 rings (SSSR count). The molecule has 0 saturated carbocycles.